The van der Waals surface area contributed by atoms with Crippen molar-refractivity contribution in [2.45, 2.75) is 51.9 Å². The lowest BCUT2D eigenvalue weighted by Crippen LogP contribution is -2.00. The number of nitrogens with zero attached hydrogens (tertiary/aromatic N) is 1. The van der Waals surface area contributed by atoms with Crippen molar-refractivity contribution in [3.8, 4) is 5.88 Å². The van der Waals surface area contributed by atoms with Crippen molar-refractivity contribution in [3.05, 3.63) is 23.9 Å². The standard InChI is InChI=1S/C14H23NO/c1-4-6-8-12(7-5-2)13-9-10-14(16-3)15-11-13/h9-12H,4-8H2,1-3H3. The molecule has 0 amide bonds. The number of ether oxygens (including phenoxy) is 1. The average molecular weight is 221 g/mol. The smallest absolute Gasteiger partial charge is 0.212 e. The molecule has 0 aliphatic heterocycles. The van der Waals surface area contributed by atoms with Gasteiger partial charge in [0.25, 0.3) is 0 Å². The lowest BCUT2D eigenvalue weighted by molar-refractivity contribution is 0.397. The van der Waals surface area contributed by atoms with Crippen LogP contribution in [0.15, 0.2) is 18.3 Å². The molecular formula is C14H23NO. The molecule has 0 bridgehead atoms. The van der Waals surface area contributed by atoms with Gasteiger partial charge >= 0.3 is 0 Å². The Morgan fingerprint density at radius 1 is 1.19 bits per heavy atom. The van der Waals surface area contributed by atoms with Gasteiger partial charge in [-0.3, -0.25) is 0 Å². The summed E-state index contributed by atoms with van der Waals surface area (Å²) >= 11 is 0. The molecular weight excluding hydrogens is 198 g/mol. The summed E-state index contributed by atoms with van der Waals surface area (Å²) in [6.45, 7) is 4.49. The second-order valence-electron chi connectivity index (χ2n) is 4.26. The van der Waals surface area contributed by atoms with Crippen molar-refractivity contribution in [1.29, 1.82) is 0 Å². The largest absolute Gasteiger partial charge is 0.481 e. The van der Waals surface area contributed by atoms with Crippen molar-refractivity contribution in [1.82, 2.24) is 4.98 Å². The van der Waals surface area contributed by atoms with Crippen LogP contribution in [-0.2, 0) is 0 Å². The molecule has 0 aliphatic carbocycles. The molecule has 0 aromatic carbocycles. The molecule has 90 valence electrons. The molecule has 1 unspecified atom stereocenters. The maximum Gasteiger partial charge on any atom is 0.212 e. The van der Waals surface area contributed by atoms with Crippen LogP contribution in [0.2, 0.25) is 0 Å². The molecule has 1 atom stereocenters. The highest BCUT2D eigenvalue weighted by Crippen LogP contribution is 2.27. The molecule has 16 heavy (non-hydrogen) atoms. The van der Waals surface area contributed by atoms with E-state index in [1.807, 2.05) is 12.3 Å². The maximum atomic E-state index is 5.08. The molecule has 0 N–H and O–H groups in total. The lowest BCUT2D eigenvalue weighted by atomic mass is 9.91. The summed E-state index contributed by atoms with van der Waals surface area (Å²) in [7, 11) is 1.66. The lowest BCUT2D eigenvalue weighted by Gasteiger charge is -2.16. The van der Waals surface area contributed by atoms with Crippen molar-refractivity contribution in [2.75, 3.05) is 7.11 Å². The number of methoxy groups -OCH3 is 1. The minimum Gasteiger partial charge on any atom is -0.481 e. The van der Waals surface area contributed by atoms with Gasteiger partial charge in [0, 0.05) is 12.3 Å². The molecule has 0 aliphatic rings. The molecule has 1 aromatic heterocycles. The van der Waals surface area contributed by atoms with Gasteiger partial charge in [-0.15, -0.1) is 0 Å². The second kappa shape index (κ2) is 7.26. The number of aromatic nitrogens is 1. The Kier molecular flexibility index (Phi) is 5.91. The van der Waals surface area contributed by atoms with Crippen LogP contribution in [0, 0.1) is 0 Å². The average Bonchev–Trinajstić information content (AvgIpc) is 2.35. The van der Waals surface area contributed by atoms with Gasteiger partial charge in [0.2, 0.25) is 5.88 Å². The molecule has 0 saturated carbocycles. The van der Waals surface area contributed by atoms with Gasteiger partial charge in [-0.1, -0.05) is 39.2 Å². The Morgan fingerprint density at radius 2 is 2.00 bits per heavy atom. The number of hydrogen-bond donors (Lipinski definition) is 0. The van der Waals surface area contributed by atoms with Crippen LogP contribution in [-0.4, -0.2) is 12.1 Å². The topological polar surface area (TPSA) is 22.1 Å². The fraction of sp³-hybridized carbons (Fsp3) is 0.643. The third kappa shape index (κ3) is 3.84. The highest BCUT2D eigenvalue weighted by Gasteiger charge is 2.10. The van der Waals surface area contributed by atoms with Crippen LogP contribution in [0.3, 0.4) is 0 Å². The molecule has 2 nitrogen and oxygen atoms in total. The highest BCUT2D eigenvalue weighted by atomic mass is 16.5. The number of pyridine rings is 1. The minimum atomic E-state index is 0.670. The second-order valence-corrected chi connectivity index (χ2v) is 4.26. The predicted octanol–water partition coefficient (Wildman–Crippen LogP) is 4.16. The first-order chi connectivity index (χ1) is 7.81. The molecule has 0 fully saturated rings. The third-order valence-corrected chi connectivity index (χ3v) is 2.98. The van der Waals surface area contributed by atoms with Gasteiger partial charge in [0.05, 0.1) is 7.11 Å². The quantitative estimate of drug-likeness (QED) is 0.689. The van der Waals surface area contributed by atoms with E-state index in [4.69, 9.17) is 4.74 Å². The summed E-state index contributed by atoms with van der Waals surface area (Å²) in [5.74, 6) is 1.37. The molecule has 2 heteroatoms. The zero-order valence-electron chi connectivity index (χ0n) is 10.7. The normalized spacial score (nSPS) is 12.4. The Morgan fingerprint density at radius 3 is 2.50 bits per heavy atom. The first kappa shape index (κ1) is 13.0. The molecule has 0 saturated heterocycles. The van der Waals surface area contributed by atoms with Crippen molar-refractivity contribution in [2.24, 2.45) is 0 Å². The van der Waals surface area contributed by atoms with Gasteiger partial charge < -0.3 is 4.74 Å². The SMILES string of the molecule is CCCCC(CCC)c1ccc(OC)nc1. The summed E-state index contributed by atoms with van der Waals surface area (Å²) < 4.78 is 5.08. The summed E-state index contributed by atoms with van der Waals surface area (Å²) in [6, 6.07) is 4.12. The van der Waals surface area contributed by atoms with Gasteiger partial charge in [-0.25, -0.2) is 4.98 Å². The van der Waals surface area contributed by atoms with E-state index in [1.165, 1.54) is 37.7 Å². The fourth-order valence-electron chi connectivity index (χ4n) is 2.03. The first-order valence-corrected chi connectivity index (χ1v) is 6.31. The van der Waals surface area contributed by atoms with Gasteiger partial charge in [-0.2, -0.15) is 0 Å². The molecule has 0 spiro atoms. The summed E-state index contributed by atoms with van der Waals surface area (Å²) in [5, 5.41) is 0. The van der Waals surface area contributed by atoms with Crippen LogP contribution in [0.4, 0.5) is 0 Å². The van der Waals surface area contributed by atoms with E-state index >= 15 is 0 Å². The Bertz CT molecular complexity index is 281. The summed E-state index contributed by atoms with van der Waals surface area (Å²) in [4.78, 5) is 4.29. The van der Waals surface area contributed by atoms with E-state index in [0.29, 0.717) is 11.8 Å². The van der Waals surface area contributed by atoms with Gasteiger partial charge in [0.1, 0.15) is 0 Å². The third-order valence-electron chi connectivity index (χ3n) is 2.98. The zero-order chi connectivity index (χ0) is 11.8. The molecule has 1 rings (SSSR count). The zero-order valence-corrected chi connectivity index (χ0v) is 10.7. The van der Waals surface area contributed by atoms with Crippen molar-refractivity contribution >= 4 is 0 Å². The monoisotopic (exact) mass is 221 g/mol. The molecule has 0 radical (unpaired) electrons. The molecule has 1 aromatic rings. The molecule has 1 heterocycles. The van der Waals surface area contributed by atoms with Crippen LogP contribution in [0.1, 0.15) is 57.4 Å². The van der Waals surface area contributed by atoms with E-state index in [1.54, 1.807) is 7.11 Å². The minimum absolute atomic E-state index is 0.670. The maximum absolute atomic E-state index is 5.08. The highest BCUT2D eigenvalue weighted by molar-refractivity contribution is 5.21. The van der Waals surface area contributed by atoms with E-state index in [9.17, 15) is 0 Å². The van der Waals surface area contributed by atoms with E-state index in [-0.39, 0.29) is 0 Å². The Balaban J connectivity index is 2.67. The van der Waals surface area contributed by atoms with Crippen LogP contribution < -0.4 is 4.74 Å². The fourth-order valence-corrected chi connectivity index (χ4v) is 2.03. The Labute approximate surface area is 99.0 Å². The van der Waals surface area contributed by atoms with Gasteiger partial charge in [0.15, 0.2) is 0 Å². The van der Waals surface area contributed by atoms with Crippen LogP contribution >= 0.6 is 0 Å². The summed E-state index contributed by atoms with van der Waals surface area (Å²) in [5.41, 5.74) is 1.36. The van der Waals surface area contributed by atoms with Crippen molar-refractivity contribution < 1.29 is 4.74 Å². The van der Waals surface area contributed by atoms with Crippen LogP contribution in [0.25, 0.3) is 0 Å². The van der Waals surface area contributed by atoms with Crippen molar-refractivity contribution in [3.63, 3.8) is 0 Å². The summed E-state index contributed by atoms with van der Waals surface area (Å²) in [6.07, 6.45) is 8.31. The predicted molar refractivity (Wildman–Crippen MR) is 68.0 cm³/mol. The van der Waals surface area contributed by atoms with Gasteiger partial charge in [-0.05, 0) is 24.3 Å². The number of rotatable bonds is 7. The van der Waals surface area contributed by atoms with E-state index in [2.05, 4.69) is 24.9 Å². The number of hydrogen-bond acceptors (Lipinski definition) is 2. The van der Waals surface area contributed by atoms with E-state index < -0.39 is 0 Å². The Hall–Kier alpha value is -1.05. The first-order valence-electron chi connectivity index (χ1n) is 6.31. The number of unbranched alkanes of at least 4 members (excludes halogenated alkanes) is 1. The van der Waals surface area contributed by atoms with E-state index in [0.717, 1.165) is 0 Å². The van der Waals surface area contributed by atoms with Crippen LogP contribution in [0.5, 0.6) is 5.88 Å².